The van der Waals surface area contributed by atoms with E-state index in [-0.39, 0.29) is 24.2 Å². The standard InChI is InChI=1S/C26H10F2N4/c1-31-21(11-29)23-19-9-13-7-15(27)3-5-17(13)24(19)26(22(12-30)32-2)25-18-6-4-16(28)8-14(18)10-20(23)25/h3-8H,9-10H2. The van der Waals surface area contributed by atoms with Gasteiger partial charge in [0.25, 0.3) is 11.4 Å². The molecule has 0 amide bonds. The summed E-state index contributed by atoms with van der Waals surface area (Å²) in [7, 11) is 0. The molecule has 0 atom stereocenters. The fraction of sp³-hybridized carbons (Fsp3) is 0.0769. The van der Waals surface area contributed by atoms with Gasteiger partial charge in [-0.2, -0.15) is 0 Å². The first-order valence-electron chi connectivity index (χ1n) is 9.61. The first-order valence-corrected chi connectivity index (χ1v) is 9.61. The van der Waals surface area contributed by atoms with E-state index < -0.39 is 11.6 Å². The van der Waals surface area contributed by atoms with Gasteiger partial charge < -0.3 is 0 Å². The highest BCUT2D eigenvalue weighted by Gasteiger charge is 2.32. The summed E-state index contributed by atoms with van der Waals surface area (Å²) < 4.78 is 28.0. The van der Waals surface area contributed by atoms with Crippen molar-refractivity contribution in [3.63, 3.8) is 0 Å². The van der Waals surface area contributed by atoms with Crippen molar-refractivity contribution in [3.8, 4) is 34.4 Å². The van der Waals surface area contributed by atoms with Gasteiger partial charge in [-0.25, -0.2) is 29.0 Å². The van der Waals surface area contributed by atoms with Crippen LogP contribution in [0.3, 0.4) is 0 Å². The molecule has 0 bridgehead atoms. The van der Waals surface area contributed by atoms with E-state index in [1.54, 1.807) is 12.1 Å². The highest BCUT2D eigenvalue weighted by Crippen LogP contribution is 2.40. The van der Waals surface area contributed by atoms with Crippen molar-refractivity contribution in [1.82, 2.24) is 0 Å². The smallest absolute Gasteiger partial charge is 0.226 e. The molecule has 0 aromatic heterocycles. The Labute approximate surface area is 181 Å². The van der Waals surface area contributed by atoms with Gasteiger partial charge in [-0.3, -0.25) is 0 Å². The van der Waals surface area contributed by atoms with Gasteiger partial charge in [-0.1, -0.05) is 12.1 Å². The zero-order valence-corrected chi connectivity index (χ0v) is 16.4. The molecule has 2 aliphatic rings. The van der Waals surface area contributed by atoms with Gasteiger partial charge in [-0.05, 0) is 86.8 Å². The fourth-order valence-corrected chi connectivity index (χ4v) is 4.89. The summed E-state index contributed by atoms with van der Waals surface area (Å²) in [6, 6.07) is 12.5. The number of nitrogens with zero attached hydrogens (tertiary/aromatic N) is 4. The summed E-state index contributed by atoms with van der Waals surface area (Å²) >= 11 is 0. The molecular formula is C26H10F2N4. The van der Waals surface area contributed by atoms with Crippen molar-refractivity contribution in [2.75, 3.05) is 0 Å². The van der Waals surface area contributed by atoms with E-state index in [0.717, 1.165) is 0 Å². The van der Waals surface area contributed by atoms with E-state index in [9.17, 15) is 19.3 Å². The maximum absolute atomic E-state index is 14.0. The number of nitriles is 2. The third-order valence-electron chi connectivity index (χ3n) is 6.02. The van der Waals surface area contributed by atoms with E-state index in [4.69, 9.17) is 13.1 Å². The minimum Gasteiger partial charge on any atom is -0.226 e. The monoisotopic (exact) mass is 416 g/mol. The van der Waals surface area contributed by atoms with Crippen LogP contribution >= 0.6 is 0 Å². The molecule has 2 aliphatic carbocycles. The van der Waals surface area contributed by atoms with Crippen LogP contribution in [0.1, 0.15) is 22.3 Å². The molecule has 148 valence electrons. The number of fused-ring (bicyclic) bond motifs is 6. The van der Waals surface area contributed by atoms with Crippen LogP contribution in [0.4, 0.5) is 8.78 Å². The van der Waals surface area contributed by atoms with Gasteiger partial charge in [-0.15, -0.1) is 0 Å². The van der Waals surface area contributed by atoms with Gasteiger partial charge in [0.2, 0.25) is 0 Å². The van der Waals surface area contributed by atoms with Crippen molar-refractivity contribution in [3.05, 3.63) is 104 Å². The maximum atomic E-state index is 14.0. The van der Waals surface area contributed by atoms with Crippen LogP contribution in [0.2, 0.25) is 0 Å². The number of hydrogen-bond donors (Lipinski definition) is 0. The Balaban J connectivity index is 2.13. The molecule has 32 heavy (non-hydrogen) atoms. The molecule has 0 aliphatic heterocycles. The quantitative estimate of drug-likeness (QED) is 0.355. The summed E-state index contributed by atoms with van der Waals surface area (Å²) in [4.78, 5) is 6.89. The Morgan fingerprint density at radius 3 is 1.59 bits per heavy atom. The lowest BCUT2D eigenvalue weighted by Crippen LogP contribution is -2.25. The van der Waals surface area contributed by atoms with E-state index >= 15 is 0 Å². The van der Waals surface area contributed by atoms with Gasteiger partial charge in [0.15, 0.2) is 0 Å². The SMILES string of the molecule is [C-]#[N+]C(C#N)=c1c2c(c(=C(C#N)[N+]#[C-])c3c1Cc1cc(F)ccc1-3)-c1ccc(F)cc1C2. The van der Waals surface area contributed by atoms with Crippen LogP contribution in [-0.2, 0) is 12.8 Å². The van der Waals surface area contributed by atoms with E-state index in [1.807, 2.05) is 12.1 Å². The van der Waals surface area contributed by atoms with Gasteiger partial charge in [0, 0.05) is 5.22 Å². The third-order valence-corrected chi connectivity index (χ3v) is 6.02. The summed E-state index contributed by atoms with van der Waals surface area (Å²) in [5.74, 6) is -0.838. The Morgan fingerprint density at radius 2 is 1.19 bits per heavy atom. The zero-order valence-electron chi connectivity index (χ0n) is 16.4. The molecular weight excluding hydrogens is 406 g/mol. The summed E-state index contributed by atoms with van der Waals surface area (Å²) in [6.07, 6.45) is 0.528. The molecule has 5 rings (SSSR count). The summed E-state index contributed by atoms with van der Waals surface area (Å²) in [5.41, 5.74) is 4.76. The van der Waals surface area contributed by atoms with Crippen LogP contribution in [0.25, 0.3) is 43.3 Å². The Bertz CT molecular complexity index is 1570. The van der Waals surface area contributed by atoms with E-state index in [1.165, 1.54) is 24.3 Å². The zero-order chi connectivity index (χ0) is 22.6. The molecule has 0 heterocycles. The van der Waals surface area contributed by atoms with Crippen molar-refractivity contribution in [1.29, 1.82) is 10.5 Å². The predicted molar refractivity (Wildman–Crippen MR) is 113 cm³/mol. The minimum absolute atomic E-state index is 0.119. The summed E-state index contributed by atoms with van der Waals surface area (Å²) in [6.45, 7) is 15.2. The second-order valence-electron chi connectivity index (χ2n) is 7.56. The first kappa shape index (κ1) is 19.2. The highest BCUT2D eigenvalue weighted by molar-refractivity contribution is 5.93. The Morgan fingerprint density at radius 1 is 0.750 bits per heavy atom. The van der Waals surface area contributed by atoms with Crippen LogP contribution in [0.15, 0.2) is 36.4 Å². The number of halogens is 2. The second-order valence-corrected chi connectivity index (χ2v) is 7.56. The molecule has 0 radical (unpaired) electrons. The van der Waals surface area contributed by atoms with Crippen LogP contribution < -0.4 is 10.4 Å². The molecule has 6 heteroatoms. The predicted octanol–water partition coefficient (Wildman–Crippen LogP) is 4.21. The molecule has 0 spiro atoms. The first-order chi connectivity index (χ1) is 15.5. The second kappa shape index (κ2) is 6.88. The lowest BCUT2D eigenvalue weighted by molar-refractivity contribution is 0.626. The van der Waals surface area contributed by atoms with E-state index in [0.29, 0.717) is 54.9 Å². The normalized spacial score (nSPS) is 11.7. The van der Waals surface area contributed by atoms with Crippen molar-refractivity contribution in [2.24, 2.45) is 0 Å². The van der Waals surface area contributed by atoms with Crippen molar-refractivity contribution in [2.45, 2.75) is 12.8 Å². The molecule has 0 fully saturated rings. The highest BCUT2D eigenvalue weighted by atomic mass is 19.1. The largest absolute Gasteiger partial charge is 0.270 e. The number of hydrogen-bond acceptors (Lipinski definition) is 2. The lowest BCUT2D eigenvalue weighted by atomic mass is 9.90. The molecule has 0 saturated carbocycles. The average Bonchev–Trinajstić information content (AvgIpc) is 3.33. The number of benzene rings is 3. The molecule has 0 unspecified atom stereocenters. The van der Waals surface area contributed by atoms with Gasteiger partial charge in [0.05, 0.1) is 25.3 Å². The van der Waals surface area contributed by atoms with Crippen LogP contribution in [0.5, 0.6) is 0 Å². The van der Waals surface area contributed by atoms with Gasteiger partial charge >= 0.3 is 0 Å². The van der Waals surface area contributed by atoms with Crippen molar-refractivity contribution >= 4 is 11.4 Å². The van der Waals surface area contributed by atoms with E-state index in [2.05, 4.69) is 9.69 Å². The lowest BCUT2D eigenvalue weighted by Gasteiger charge is -2.13. The third kappa shape index (κ3) is 2.48. The number of rotatable bonds is 0. The minimum atomic E-state index is -0.419. The van der Waals surface area contributed by atoms with Crippen molar-refractivity contribution < 1.29 is 8.78 Å². The summed E-state index contributed by atoms with van der Waals surface area (Å²) in [5, 5.41) is 20.3. The fourth-order valence-electron chi connectivity index (χ4n) is 4.89. The topological polar surface area (TPSA) is 56.3 Å². The Kier molecular flexibility index (Phi) is 4.13. The maximum Gasteiger partial charge on any atom is 0.270 e. The van der Waals surface area contributed by atoms with Crippen LogP contribution in [0, 0.1) is 47.4 Å². The van der Waals surface area contributed by atoms with Crippen LogP contribution in [-0.4, -0.2) is 0 Å². The molecule has 3 aromatic rings. The average molecular weight is 416 g/mol. The molecule has 4 nitrogen and oxygen atoms in total. The molecule has 0 N–H and O–H groups in total. The Hall–Kier alpha value is -4.78. The molecule has 0 saturated heterocycles. The van der Waals surface area contributed by atoms with Gasteiger partial charge in [0.1, 0.15) is 11.6 Å². The molecule has 3 aromatic carbocycles.